The van der Waals surface area contributed by atoms with Crippen molar-refractivity contribution in [2.45, 2.75) is 37.1 Å². The average molecular weight is 267 g/mol. The standard InChI is InChI=1S/C10H12F3NO4/c11-10(12,13)8(17)14-4-6(7(15)16)18-5-9(14)2-1-3-9/h6H,1-5H2,(H,15,16). The van der Waals surface area contributed by atoms with Crippen LogP contribution >= 0.6 is 0 Å². The SMILES string of the molecule is O=C(O)C1CN(C(=O)C(F)(F)F)C2(CCC2)CO1. The van der Waals surface area contributed by atoms with Gasteiger partial charge in [0, 0.05) is 0 Å². The number of nitrogens with zero attached hydrogens (tertiary/aromatic N) is 1. The lowest BCUT2D eigenvalue weighted by molar-refractivity contribution is -0.214. The highest BCUT2D eigenvalue weighted by atomic mass is 19.4. The number of hydrogen-bond donors (Lipinski definition) is 1. The minimum absolute atomic E-state index is 0.147. The summed E-state index contributed by atoms with van der Waals surface area (Å²) in [4.78, 5) is 22.7. The van der Waals surface area contributed by atoms with Crippen molar-refractivity contribution in [1.82, 2.24) is 4.90 Å². The highest BCUT2D eigenvalue weighted by Gasteiger charge is 2.56. The zero-order chi connectivity index (χ0) is 13.6. The smallest absolute Gasteiger partial charge is 0.471 e. The van der Waals surface area contributed by atoms with Gasteiger partial charge in [0.15, 0.2) is 6.10 Å². The molecule has 102 valence electrons. The van der Waals surface area contributed by atoms with E-state index in [0.29, 0.717) is 24.2 Å². The van der Waals surface area contributed by atoms with E-state index in [2.05, 4.69) is 0 Å². The van der Waals surface area contributed by atoms with E-state index in [9.17, 15) is 22.8 Å². The number of amides is 1. The predicted molar refractivity (Wildman–Crippen MR) is 51.7 cm³/mol. The molecule has 2 aliphatic rings. The molecular weight excluding hydrogens is 255 g/mol. The third-order valence-corrected chi connectivity index (χ3v) is 3.52. The Balaban J connectivity index is 2.21. The largest absolute Gasteiger partial charge is 0.479 e. The minimum atomic E-state index is -4.98. The summed E-state index contributed by atoms with van der Waals surface area (Å²) >= 11 is 0. The van der Waals surface area contributed by atoms with Crippen molar-refractivity contribution in [1.29, 1.82) is 0 Å². The van der Waals surface area contributed by atoms with Gasteiger partial charge in [-0.2, -0.15) is 13.2 Å². The molecule has 1 heterocycles. The molecule has 1 unspecified atom stereocenters. The molecule has 0 bridgehead atoms. The molecule has 8 heteroatoms. The number of rotatable bonds is 1. The quantitative estimate of drug-likeness (QED) is 0.762. The summed E-state index contributed by atoms with van der Waals surface area (Å²) in [5.41, 5.74) is -0.960. The van der Waals surface area contributed by atoms with Crippen molar-refractivity contribution in [2.75, 3.05) is 13.2 Å². The molecule has 1 atom stereocenters. The molecule has 0 aromatic rings. The van der Waals surface area contributed by atoms with E-state index in [1.807, 2.05) is 0 Å². The maximum absolute atomic E-state index is 12.5. The van der Waals surface area contributed by atoms with Gasteiger partial charge in [0.25, 0.3) is 0 Å². The number of ether oxygens (including phenoxy) is 1. The van der Waals surface area contributed by atoms with Crippen molar-refractivity contribution < 1.29 is 32.6 Å². The van der Waals surface area contributed by atoms with E-state index in [1.54, 1.807) is 0 Å². The fraction of sp³-hybridized carbons (Fsp3) is 0.800. The van der Waals surface area contributed by atoms with Gasteiger partial charge >= 0.3 is 18.1 Å². The molecule has 1 saturated heterocycles. The number of carbonyl (C=O) groups excluding carboxylic acids is 1. The zero-order valence-electron chi connectivity index (χ0n) is 9.37. The predicted octanol–water partition coefficient (Wildman–Crippen LogP) is 0.783. The van der Waals surface area contributed by atoms with Crippen LogP contribution in [0.4, 0.5) is 13.2 Å². The maximum atomic E-state index is 12.5. The van der Waals surface area contributed by atoms with Crippen LogP contribution in [0.15, 0.2) is 0 Å². The highest BCUT2D eigenvalue weighted by Crippen LogP contribution is 2.42. The Bertz CT molecular complexity index is 378. The van der Waals surface area contributed by atoms with Gasteiger partial charge < -0.3 is 14.7 Å². The van der Waals surface area contributed by atoms with Crippen LogP contribution in [-0.4, -0.2) is 52.9 Å². The zero-order valence-corrected chi connectivity index (χ0v) is 9.37. The van der Waals surface area contributed by atoms with Crippen LogP contribution in [0.2, 0.25) is 0 Å². The van der Waals surface area contributed by atoms with Crippen LogP contribution in [0.1, 0.15) is 19.3 Å². The van der Waals surface area contributed by atoms with Gasteiger partial charge in [0.2, 0.25) is 0 Å². The number of aliphatic carboxylic acids is 1. The Morgan fingerprint density at radius 3 is 2.33 bits per heavy atom. The summed E-state index contributed by atoms with van der Waals surface area (Å²) in [5.74, 6) is -3.33. The number of carboxylic acid groups (broad SMARTS) is 1. The second-order valence-corrected chi connectivity index (χ2v) is 4.63. The summed E-state index contributed by atoms with van der Waals surface area (Å²) in [6, 6.07) is 0. The van der Waals surface area contributed by atoms with Crippen LogP contribution in [0, 0.1) is 0 Å². The van der Waals surface area contributed by atoms with Gasteiger partial charge in [-0.3, -0.25) is 4.79 Å². The van der Waals surface area contributed by atoms with Gasteiger partial charge in [0.05, 0.1) is 18.7 Å². The normalized spacial score (nSPS) is 26.8. The fourth-order valence-electron chi connectivity index (χ4n) is 2.35. The van der Waals surface area contributed by atoms with Gasteiger partial charge in [0.1, 0.15) is 0 Å². The first-order chi connectivity index (χ1) is 8.26. The van der Waals surface area contributed by atoms with Crippen LogP contribution < -0.4 is 0 Å². The van der Waals surface area contributed by atoms with Crippen molar-refractivity contribution in [3.05, 3.63) is 0 Å². The molecular formula is C10H12F3NO4. The maximum Gasteiger partial charge on any atom is 0.471 e. The van der Waals surface area contributed by atoms with E-state index < -0.39 is 36.2 Å². The van der Waals surface area contributed by atoms with Crippen LogP contribution in [0.5, 0.6) is 0 Å². The van der Waals surface area contributed by atoms with E-state index in [-0.39, 0.29) is 6.61 Å². The molecule has 2 rings (SSSR count). The van der Waals surface area contributed by atoms with Crippen molar-refractivity contribution in [3.63, 3.8) is 0 Å². The number of morpholine rings is 1. The lowest BCUT2D eigenvalue weighted by atomic mass is 9.74. The minimum Gasteiger partial charge on any atom is -0.479 e. The molecule has 0 aromatic carbocycles. The lowest BCUT2D eigenvalue weighted by Crippen LogP contribution is -2.67. The summed E-state index contributed by atoms with van der Waals surface area (Å²) in [7, 11) is 0. The number of halogens is 3. The Morgan fingerprint density at radius 1 is 1.33 bits per heavy atom. The second kappa shape index (κ2) is 4.11. The van der Waals surface area contributed by atoms with Crippen molar-refractivity contribution >= 4 is 11.9 Å². The second-order valence-electron chi connectivity index (χ2n) is 4.63. The summed E-state index contributed by atoms with van der Waals surface area (Å²) < 4.78 is 42.5. The van der Waals surface area contributed by atoms with Crippen LogP contribution in [0.3, 0.4) is 0 Å². The summed E-state index contributed by atoms with van der Waals surface area (Å²) in [5, 5.41) is 8.76. The molecule has 1 aliphatic heterocycles. The first-order valence-corrected chi connectivity index (χ1v) is 5.49. The molecule has 0 aromatic heterocycles. The topological polar surface area (TPSA) is 66.8 Å². The number of carbonyl (C=O) groups is 2. The molecule has 0 radical (unpaired) electrons. The van der Waals surface area contributed by atoms with Crippen LogP contribution in [0.25, 0.3) is 0 Å². The highest BCUT2D eigenvalue weighted by molar-refractivity contribution is 5.84. The lowest BCUT2D eigenvalue weighted by Gasteiger charge is -2.53. The molecule has 1 saturated carbocycles. The summed E-state index contributed by atoms with van der Waals surface area (Å²) in [6.45, 7) is -0.695. The van der Waals surface area contributed by atoms with E-state index >= 15 is 0 Å². The van der Waals surface area contributed by atoms with E-state index in [4.69, 9.17) is 9.84 Å². The number of alkyl halides is 3. The summed E-state index contributed by atoms with van der Waals surface area (Å²) in [6.07, 6.45) is -4.82. The monoisotopic (exact) mass is 267 g/mol. The number of carboxylic acids is 1. The Kier molecular flexibility index (Phi) is 3.00. The first kappa shape index (κ1) is 13.1. The molecule has 1 spiro atoms. The van der Waals surface area contributed by atoms with Gasteiger partial charge in [-0.05, 0) is 19.3 Å². The van der Waals surface area contributed by atoms with Gasteiger partial charge in [-0.1, -0.05) is 0 Å². The van der Waals surface area contributed by atoms with Crippen LogP contribution in [-0.2, 0) is 14.3 Å². The molecule has 5 nitrogen and oxygen atoms in total. The molecule has 1 amide bonds. The average Bonchev–Trinajstić information content (AvgIpc) is 2.23. The number of hydrogen-bond acceptors (Lipinski definition) is 3. The third kappa shape index (κ3) is 2.05. The Labute approximate surface area is 100 Å². The van der Waals surface area contributed by atoms with Crippen molar-refractivity contribution in [3.8, 4) is 0 Å². The third-order valence-electron chi connectivity index (χ3n) is 3.52. The van der Waals surface area contributed by atoms with E-state index in [1.165, 1.54) is 0 Å². The van der Waals surface area contributed by atoms with Gasteiger partial charge in [-0.15, -0.1) is 0 Å². The Morgan fingerprint density at radius 2 is 1.94 bits per heavy atom. The molecule has 18 heavy (non-hydrogen) atoms. The van der Waals surface area contributed by atoms with Gasteiger partial charge in [-0.25, -0.2) is 4.79 Å². The Hall–Kier alpha value is -1.31. The first-order valence-electron chi connectivity index (χ1n) is 5.49. The molecule has 2 fully saturated rings. The van der Waals surface area contributed by atoms with Crippen molar-refractivity contribution in [2.24, 2.45) is 0 Å². The molecule has 1 aliphatic carbocycles. The van der Waals surface area contributed by atoms with E-state index in [0.717, 1.165) is 0 Å². The molecule has 1 N–H and O–H groups in total. The fourth-order valence-corrected chi connectivity index (χ4v) is 2.35.